The lowest BCUT2D eigenvalue weighted by molar-refractivity contribution is -0.119. The molecule has 0 unspecified atom stereocenters. The van der Waals surface area contributed by atoms with Crippen molar-refractivity contribution in [3.8, 4) is 5.75 Å². The molecule has 28 heavy (non-hydrogen) atoms. The van der Waals surface area contributed by atoms with Crippen molar-refractivity contribution in [3.63, 3.8) is 0 Å². The predicted octanol–water partition coefficient (Wildman–Crippen LogP) is 3.28. The van der Waals surface area contributed by atoms with E-state index < -0.39 is 0 Å². The first-order valence-corrected chi connectivity index (χ1v) is 9.23. The van der Waals surface area contributed by atoms with Crippen LogP contribution in [0.2, 0.25) is 0 Å². The number of anilines is 1. The van der Waals surface area contributed by atoms with E-state index in [9.17, 15) is 9.59 Å². The summed E-state index contributed by atoms with van der Waals surface area (Å²) in [5, 5.41) is 8.69. The highest BCUT2D eigenvalue weighted by molar-refractivity contribution is 7.80. The first-order chi connectivity index (χ1) is 13.2. The Morgan fingerprint density at radius 1 is 1.00 bits per heavy atom. The van der Waals surface area contributed by atoms with Crippen molar-refractivity contribution < 1.29 is 14.3 Å². The lowest BCUT2D eigenvalue weighted by Crippen LogP contribution is -2.40. The molecule has 2 rings (SSSR count). The maximum Gasteiger partial charge on any atom is 0.251 e. The monoisotopic (exact) mass is 399 g/mol. The van der Waals surface area contributed by atoms with Crippen LogP contribution < -0.4 is 20.7 Å². The Hall–Kier alpha value is -2.93. The summed E-state index contributed by atoms with van der Waals surface area (Å²) in [6, 6.07) is 14.1. The van der Waals surface area contributed by atoms with Gasteiger partial charge in [-0.1, -0.05) is 12.1 Å². The molecule has 2 aromatic rings. The molecule has 0 atom stereocenters. The first-order valence-electron chi connectivity index (χ1n) is 8.82. The minimum Gasteiger partial charge on any atom is -0.497 e. The van der Waals surface area contributed by atoms with Crippen molar-refractivity contribution >= 4 is 34.8 Å². The second kappa shape index (κ2) is 9.32. The van der Waals surface area contributed by atoms with Gasteiger partial charge in [-0.3, -0.25) is 9.59 Å². The van der Waals surface area contributed by atoms with Crippen LogP contribution in [0.3, 0.4) is 0 Å². The van der Waals surface area contributed by atoms with Gasteiger partial charge in [0.1, 0.15) is 5.75 Å². The van der Waals surface area contributed by atoms with E-state index in [1.165, 1.54) is 0 Å². The van der Waals surface area contributed by atoms with Gasteiger partial charge in [0.15, 0.2) is 5.11 Å². The molecular weight excluding hydrogens is 374 g/mol. The third kappa shape index (κ3) is 7.00. The minimum atomic E-state index is -0.302. The molecule has 6 nitrogen and oxygen atoms in total. The molecule has 0 heterocycles. The number of nitrogens with one attached hydrogen (secondary N) is 3. The van der Waals surface area contributed by atoms with Crippen LogP contribution in [-0.2, 0) is 11.2 Å². The summed E-state index contributed by atoms with van der Waals surface area (Å²) >= 11 is 5.18. The van der Waals surface area contributed by atoms with E-state index in [1.54, 1.807) is 43.5 Å². The Morgan fingerprint density at radius 3 is 2.14 bits per heavy atom. The summed E-state index contributed by atoms with van der Waals surface area (Å²) in [6.45, 7) is 5.77. The Kier molecular flexibility index (Phi) is 7.12. The van der Waals surface area contributed by atoms with Gasteiger partial charge in [0, 0.05) is 16.8 Å². The van der Waals surface area contributed by atoms with Gasteiger partial charge < -0.3 is 20.7 Å². The molecule has 0 saturated heterocycles. The largest absolute Gasteiger partial charge is 0.497 e. The van der Waals surface area contributed by atoms with E-state index in [1.807, 2.05) is 32.9 Å². The first kappa shape index (κ1) is 21.4. The highest BCUT2D eigenvalue weighted by Crippen LogP contribution is 2.12. The molecule has 2 amide bonds. The highest BCUT2D eigenvalue weighted by atomic mass is 32.1. The molecule has 7 heteroatoms. The number of carbonyl (C=O) groups excluding carboxylic acids is 2. The second-order valence-electron chi connectivity index (χ2n) is 7.31. The molecule has 0 aromatic heterocycles. The summed E-state index contributed by atoms with van der Waals surface area (Å²) in [5.74, 6) is 0.374. The van der Waals surface area contributed by atoms with Gasteiger partial charge in [-0.25, -0.2) is 0 Å². The Bertz CT molecular complexity index is 841. The van der Waals surface area contributed by atoms with Crippen molar-refractivity contribution in [3.05, 3.63) is 59.7 Å². The number of ether oxygens (including phenoxy) is 1. The van der Waals surface area contributed by atoms with E-state index in [4.69, 9.17) is 17.0 Å². The standard InChI is InChI=1S/C21H25N3O3S/c1-21(2,3)24-19(26)15-7-9-16(10-8-15)22-20(28)23-18(25)13-14-5-11-17(27-4)12-6-14/h5-12H,13H2,1-4H3,(H,24,26)(H2,22,23,25,28). The zero-order valence-corrected chi connectivity index (χ0v) is 17.3. The van der Waals surface area contributed by atoms with E-state index in [0.717, 1.165) is 11.3 Å². The fraction of sp³-hybridized carbons (Fsp3) is 0.286. The average molecular weight is 400 g/mol. The maximum atomic E-state index is 12.1. The van der Waals surface area contributed by atoms with Crippen molar-refractivity contribution in [2.24, 2.45) is 0 Å². The molecule has 148 valence electrons. The average Bonchev–Trinajstić information content (AvgIpc) is 2.61. The van der Waals surface area contributed by atoms with Gasteiger partial charge in [0.05, 0.1) is 13.5 Å². The summed E-state index contributed by atoms with van der Waals surface area (Å²) in [4.78, 5) is 24.3. The molecule has 0 aliphatic heterocycles. The van der Waals surface area contributed by atoms with Gasteiger partial charge in [-0.05, 0) is 75.0 Å². The number of thiocarbonyl (C=S) groups is 1. The molecule has 0 spiro atoms. The highest BCUT2D eigenvalue weighted by Gasteiger charge is 2.15. The molecule has 0 bridgehead atoms. The van der Waals surface area contributed by atoms with Gasteiger partial charge in [0.2, 0.25) is 5.91 Å². The molecule has 0 aliphatic rings. The van der Waals surface area contributed by atoms with Gasteiger partial charge in [-0.15, -0.1) is 0 Å². The van der Waals surface area contributed by atoms with Gasteiger partial charge in [-0.2, -0.15) is 0 Å². The third-order valence-corrected chi connectivity index (χ3v) is 3.87. The molecule has 0 saturated carbocycles. The number of hydrogen-bond acceptors (Lipinski definition) is 4. The maximum absolute atomic E-state index is 12.1. The predicted molar refractivity (Wildman–Crippen MR) is 115 cm³/mol. The Balaban J connectivity index is 1.86. The topological polar surface area (TPSA) is 79.5 Å². The molecule has 0 aliphatic carbocycles. The zero-order valence-electron chi connectivity index (χ0n) is 16.5. The SMILES string of the molecule is COc1ccc(CC(=O)NC(=S)Nc2ccc(C(=O)NC(C)(C)C)cc2)cc1. The number of rotatable bonds is 5. The minimum absolute atomic E-state index is 0.144. The molecular formula is C21H25N3O3S. The van der Waals surface area contributed by atoms with Crippen molar-refractivity contribution in [2.45, 2.75) is 32.7 Å². The van der Waals surface area contributed by atoms with Crippen LogP contribution >= 0.6 is 12.2 Å². The molecule has 0 fully saturated rings. The fourth-order valence-corrected chi connectivity index (χ4v) is 2.61. The van der Waals surface area contributed by atoms with Crippen molar-refractivity contribution in [1.82, 2.24) is 10.6 Å². The fourth-order valence-electron chi connectivity index (χ4n) is 2.38. The van der Waals surface area contributed by atoms with E-state index in [2.05, 4.69) is 16.0 Å². The Morgan fingerprint density at radius 2 is 1.61 bits per heavy atom. The number of methoxy groups -OCH3 is 1. The third-order valence-electron chi connectivity index (χ3n) is 3.67. The van der Waals surface area contributed by atoms with Crippen LogP contribution in [-0.4, -0.2) is 29.6 Å². The summed E-state index contributed by atoms with van der Waals surface area (Å²) in [5.41, 5.74) is 1.79. The van der Waals surface area contributed by atoms with E-state index >= 15 is 0 Å². The van der Waals surface area contributed by atoms with Gasteiger partial charge in [0.25, 0.3) is 5.91 Å². The normalized spacial score (nSPS) is 10.7. The molecule has 2 aromatic carbocycles. The number of hydrogen-bond donors (Lipinski definition) is 3. The van der Waals surface area contributed by atoms with Crippen molar-refractivity contribution in [1.29, 1.82) is 0 Å². The molecule has 0 radical (unpaired) electrons. The van der Waals surface area contributed by atoms with Crippen LogP contribution in [0.5, 0.6) is 5.75 Å². The van der Waals surface area contributed by atoms with Crippen LogP contribution in [0.4, 0.5) is 5.69 Å². The van der Waals surface area contributed by atoms with Crippen LogP contribution in [0.25, 0.3) is 0 Å². The lowest BCUT2D eigenvalue weighted by atomic mass is 10.1. The lowest BCUT2D eigenvalue weighted by Gasteiger charge is -2.20. The van der Waals surface area contributed by atoms with Gasteiger partial charge >= 0.3 is 0 Å². The number of benzene rings is 2. The zero-order chi connectivity index (χ0) is 20.7. The quantitative estimate of drug-likeness (QED) is 0.673. The summed E-state index contributed by atoms with van der Waals surface area (Å²) in [6.07, 6.45) is 0.206. The number of amides is 2. The van der Waals surface area contributed by atoms with E-state index in [0.29, 0.717) is 11.3 Å². The summed E-state index contributed by atoms with van der Waals surface area (Å²) in [7, 11) is 1.59. The summed E-state index contributed by atoms with van der Waals surface area (Å²) < 4.78 is 5.10. The smallest absolute Gasteiger partial charge is 0.251 e. The van der Waals surface area contributed by atoms with Crippen LogP contribution in [0.1, 0.15) is 36.7 Å². The van der Waals surface area contributed by atoms with E-state index in [-0.39, 0.29) is 28.9 Å². The number of carbonyl (C=O) groups is 2. The second-order valence-corrected chi connectivity index (χ2v) is 7.72. The van der Waals surface area contributed by atoms with Crippen molar-refractivity contribution in [2.75, 3.05) is 12.4 Å². The van der Waals surface area contributed by atoms with Crippen LogP contribution in [0.15, 0.2) is 48.5 Å². The molecule has 3 N–H and O–H groups in total. The van der Waals surface area contributed by atoms with Crippen LogP contribution in [0, 0.1) is 0 Å². The Labute approximate surface area is 170 Å².